The van der Waals surface area contributed by atoms with E-state index in [4.69, 9.17) is 9.47 Å². The molecule has 0 bridgehead atoms. The molecule has 0 amide bonds. The van der Waals surface area contributed by atoms with Crippen LogP contribution in [0.3, 0.4) is 0 Å². The van der Waals surface area contributed by atoms with Crippen molar-refractivity contribution in [3.05, 3.63) is 48.0 Å². The number of halogens is 2. The van der Waals surface area contributed by atoms with Crippen molar-refractivity contribution < 1.29 is 13.9 Å². The van der Waals surface area contributed by atoms with Gasteiger partial charge >= 0.3 is 0 Å². The van der Waals surface area contributed by atoms with E-state index in [0.717, 1.165) is 18.1 Å². The molecule has 1 atom stereocenters. The highest BCUT2D eigenvalue weighted by atomic mass is 127. The zero-order chi connectivity index (χ0) is 18.4. The Hall–Kier alpha value is -1.88. The smallest absolute Gasteiger partial charge is 0.193 e. The Morgan fingerprint density at radius 2 is 2.33 bits per heavy atom. The van der Waals surface area contributed by atoms with E-state index in [1.807, 2.05) is 19.4 Å². The predicted molar refractivity (Wildman–Crippen MR) is 112 cm³/mol. The summed E-state index contributed by atoms with van der Waals surface area (Å²) in [6.07, 6.45) is 3.77. The van der Waals surface area contributed by atoms with Crippen LogP contribution in [-0.2, 0) is 11.8 Å². The van der Waals surface area contributed by atoms with Gasteiger partial charge in [0.15, 0.2) is 5.96 Å². The van der Waals surface area contributed by atoms with E-state index in [9.17, 15) is 4.39 Å². The van der Waals surface area contributed by atoms with Crippen LogP contribution in [0, 0.1) is 5.82 Å². The molecule has 1 aromatic heterocycles. The number of rotatable bonds is 5. The highest BCUT2D eigenvalue weighted by molar-refractivity contribution is 14.0. The fraction of sp³-hybridized carbons (Fsp3) is 0.444. The molecule has 1 unspecified atom stereocenters. The Labute approximate surface area is 175 Å². The molecule has 2 heterocycles. The molecule has 1 aromatic carbocycles. The van der Waals surface area contributed by atoms with Crippen molar-refractivity contribution in [2.75, 3.05) is 39.9 Å². The van der Waals surface area contributed by atoms with E-state index in [2.05, 4.69) is 20.3 Å². The first-order valence-corrected chi connectivity index (χ1v) is 8.60. The molecule has 148 valence electrons. The summed E-state index contributed by atoms with van der Waals surface area (Å²) in [6.45, 7) is 3.08. The van der Waals surface area contributed by atoms with Crippen LogP contribution in [0.25, 0.3) is 0 Å². The maximum Gasteiger partial charge on any atom is 0.193 e. The van der Waals surface area contributed by atoms with E-state index < -0.39 is 0 Å². The van der Waals surface area contributed by atoms with Crippen molar-refractivity contribution in [1.29, 1.82) is 0 Å². The third-order valence-corrected chi connectivity index (χ3v) is 4.12. The number of nitrogens with zero attached hydrogens (tertiary/aromatic N) is 4. The first-order valence-electron chi connectivity index (χ1n) is 8.60. The second kappa shape index (κ2) is 10.5. The van der Waals surface area contributed by atoms with E-state index >= 15 is 0 Å². The van der Waals surface area contributed by atoms with Gasteiger partial charge < -0.3 is 19.7 Å². The number of hydrogen-bond donors (Lipinski definition) is 1. The van der Waals surface area contributed by atoms with Gasteiger partial charge in [-0.3, -0.25) is 9.67 Å². The van der Waals surface area contributed by atoms with Crippen molar-refractivity contribution >= 4 is 29.9 Å². The molecule has 1 aliphatic rings. The van der Waals surface area contributed by atoms with Crippen LogP contribution in [0.5, 0.6) is 5.75 Å². The number of aromatic nitrogens is 2. The molecule has 0 spiro atoms. The molecular formula is C18H25FIN5O2. The molecule has 1 N–H and O–H groups in total. The van der Waals surface area contributed by atoms with Crippen LogP contribution in [0.15, 0.2) is 41.7 Å². The minimum atomic E-state index is -0.305. The molecule has 1 saturated heterocycles. The van der Waals surface area contributed by atoms with Crippen LogP contribution in [0.4, 0.5) is 4.39 Å². The molecular weight excluding hydrogens is 464 g/mol. The minimum absolute atomic E-state index is 0. The molecule has 27 heavy (non-hydrogen) atoms. The fourth-order valence-electron chi connectivity index (χ4n) is 2.87. The Kier molecular flexibility index (Phi) is 8.29. The zero-order valence-corrected chi connectivity index (χ0v) is 17.8. The number of aliphatic imine (C=N–C) groups is 1. The van der Waals surface area contributed by atoms with Gasteiger partial charge in [-0.15, -0.1) is 24.0 Å². The summed E-state index contributed by atoms with van der Waals surface area (Å²) < 4.78 is 26.3. The number of aryl methyl sites for hydroxylation is 1. The van der Waals surface area contributed by atoms with Gasteiger partial charge in [0.05, 0.1) is 25.9 Å². The maximum absolute atomic E-state index is 13.1. The molecule has 1 aliphatic heterocycles. The van der Waals surface area contributed by atoms with Crippen LogP contribution in [-0.4, -0.2) is 60.5 Å². The standard InChI is InChI=1S/C18H24FN5O2.HI/c1-20-18(21-6-8-25-16-5-3-4-15(19)10-16)24-7-9-26-17(13-24)14-11-22-23(2)12-14;/h3-5,10-12,17H,6-9,13H2,1-2H3,(H,20,21);1H. The fourth-order valence-corrected chi connectivity index (χ4v) is 2.87. The Balaban J connectivity index is 0.00000261. The summed E-state index contributed by atoms with van der Waals surface area (Å²) in [5.41, 5.74) is 1.06. The quantitative estimate of drug-likeness (QED) is 0.302. The van der Waals surface area contributed by atoms with E-state index in [-0.39, 0.29) is 35.9 Å². The topological polar surface area (TPSA) is 63.9 Å². The van der Waals surface area contributed by atoms with Crippen molar-refractivity contribution in [2.45, 2.75) is 6.10 Å². The lowest BCUT2D eigenvalue weighted by atomic mass is 10.1. The van der Waals surface area contributed by atoms with Gasteiger partial charge in [0.2, 0.25) is 0 Å². The highest BCUT2D eigenvalue weighted by Crippen LogP contribution is 2.21. The number of morpholine rings is 1. The largest absolute Gasteiger partial charge is 0.492 e. The van der Waals surface area contributed by atoms with Gasteiger partial charge in [-0.05, 0) is 12.1 Å². The number of benzene rings is 1. The van der Waals surface area contributed by atoms with Crippen molar-refractivity contribution in [2.24, 2.45) is 12.0 Å². The van der Waals surface area contributed by atoms with Crippen LogP contribution in [0.1, 0.15) is 11.7 Å². The van der Waals surface area contributed by atoms with E-state index in [1.54, 1.807) is 23.9 Å². The molecule has 2 aromatic rings. The maximum atomic E-state index is 13.1. The van der Waals surface area contributed by atoms with Crippen LogP contribution in [0.2, 0.25) is 0 Å². The summed E-state index contributed by atoms with van der Waals surface area (Å²) >= 11 is 0. The highest BCUT2D eigenvalue weighted by Gasteiger charge is 2.25. The molecule has 0 aliphatic carbocycles. The zero-order valence-electron chi connectivity index (χ0n) is 15.5. The van der Waals surface area contributed by atoms with Gasteiger partial charge in [0.25, 0.3) is 0 Å². The average molecular weight is 489 g/mol. The SMILES string of the molecule is CN=C(NCCOc1cccc(F)c1)N1CCOC(c2cnn(C)c2)C1.I. The van der Waals surface area contributed by atoms with Crippen molar-refractivity contribution in [3.63, 3.8) is 0 Å². The molecule has 0 radical (unpaired) electrons. The Bertz CT molecular complexity index is 755. The first-order chi connectivity index (χ1) is 12.7. The molecule has 7 nitrogen and oxygen atoms in total. The van der Waals surface area contributed by atoms with Gasteiger partial charge in [0.1, 0.15) is 24.3 Å². The Morgan fingerprint density at radius 3 is 3.04 bits per heavy atom. The second-order valence-electron chi connectivity index (χ2n) is 6.03. The molecule has 1 fully saturated rings. The number of nitrogens with one attached hydrogen (secondary N) is 1. The minimum Gasteiger partial charge on any atom is -0.492 e. The summed E-state index contributed by atoms with van der Waals surface area (Å²) in [4.78, 5) is 6.50. The lowest BCUT2D eigenvalue weighted by molar-refractivity contribution is -0.00805. The monoisotopic (exact) mass is 489 g/mol. The van der Waals surface area contributed by atoms with Crippen molar-refractivity contribution in [3.8, 4) is 5.75 Å². The molecule has 3 rings (SSSR count). The van der Waals surface area contributed by atoms with Crippen molar-refractivity contribution in [1.82, 2.24) is 20.0 Å². The van der Waals surface area contributed by atoms with Gasteiger partial charge in [-0.2, -0.15) is 5.10 Å². The summed E-state index contributed by atoms with van der Waals surface area (Å²) in [7, 11) is 3.65. The van der Waals surface area contributed by atoms with Gasteiger partial charge in [-0.1, -0.05) is 6.07 Å². The third-order valence-electron chi connectivity index (χ3n) is 4.12. The Morgan fingerprint density at radius 1 is 1.48 bits per heavy atom. The molecule has 0 saturated carbocycles. The number of hydrogen-bond acceptors (Lipinski definition) is 4. The number of guanidine groups is 1. The normalized spacial score (nSPS) is 17.4. The van der Waals surface area contributed by atoms with Gasteiger partial charge in [0, 0.05) is 38.5 Å². The molecule has 9 heteroatoms. The van der Waals surface area contributed by atoms with Crippen LogP contribution >= 0.6 is 24.0 Å². The summed E-state index contributed by atoms with van der Waals surface area (Å²) in [5, 5.41) is 7.49. The van der Waals surface area contributed by atoms with E-state index in [1.165, 1.54) is 12.1 Å². The lowest BCUT2D eigenvalue weighted by Crippen LogP contribution is -2.48. The summed E-state index contributed by atoms with van der Waals surface area (Å²) in [5.74, 6) is 1.01. The predicted octanol–water partition coefficient (Wildman–Crippen LogP) is 2.20. The first kappa shape index (κ1) is 21.4. The average Bonchev–Trinajstić information content (AvgIpc) is 3.08. The van der Waals surface area contributed by atoms with Gasteiger partial charge in [-0.25, -0.2) is 4.39 Å². The van der Waals surface area contributed by atoms with E-state index in [0.29, 0.717) is 32.1 Å². The number of ether oxygens (including phenoxy) is 2. The summed E-state index contributed by atoms with van der Waals surface area (Å²) in [6, 6.07) is 6.13. The van der Waals surface area contributed by atoms with Crippen LogP contribution < -0.4 is 10.1 Å². The third kappa shape index (κ3) is 6.06. The second-order valence-corrected chi connectivity index (χ2v) is 6.03. The lowest BCUT2D eigenvalue weighted by Gasteiger charge is -2.34.